The second kappa shape index (κ2) is 6.56. The molecule has 1 rings (SSSR count). The van der Waals surface area contributed by atoms with Gasteiger partial charge in [0, 0.05) is 13.5 Å². The van der Waals surface area contributed by atoms with Crippen molar-refractivity contribution in [3.63, 3.8) is 0 Å². The fourth-order valence-electron chi connectivity index (χ4n) is 1.88. The van der Waals surface area contributed by atoms with Crippen LogP contribution in [0.3, 0.4) is 0 Å². The number of rotatable bonds is 6. The molecule has 0 aliphatic heterocycles. The summed E-state index contributed by atoms with van der Waals surface area (Å²) in [7, 11) is 1.29. The van der Waals surface area contributed by atoms with Crippen molar-refractivity contribution >= 4 is 11.9 Å². The quantitative estimate of drug-likeness (QED) is 0.523. The molecule has 1 unspecified atom stereocenters. The van der Waals surface area contributed by atoms with Gasteiger partial charge in [-0.05, 0) is 25.3 Å². The molecular weight excluding hydrogens is 224 g/mol. The highest BCUT2D eigenvalue weighted by Crippen LogP contribution is 2.25. The van der Waals surface area contributed by atoms with E-state index in [-0.39, 0.29) is 12.0 Å². The zero-order chi connectivity index (χ0) is 12.8. The SMILES string of the molecule is COC(=O)C(CNCC1CC(O)C1)NC(C)=O. The Labute approximate surface area is 101 Å². The lowest BCUT2D eigenvalue weighted by atomic mass is 9.82. The molecule has 6 nitrogen and oxygen atoms in total. The van der Waals surface area contributed by atoms with E-state index in [4.69, 9.17) is 5.11 Å². The summed E-state index contributed by atoms with van der Waals surface area (Å²) >= 11 is 0. The average molecular weight is 244 g/mol. The molecule has 0 saturated heterocycles. The van der Waals surface area contributed by atoms with E-state index < -0.39 is 12.0 Å². The van der Waals surface area contributed by atoms with Crippen LogP contribution in [0.1, 0.15) is 19.8 Å². The summed E-state index contributed by atoms with van der Waals surface area (Å²) in [6.07, 6.45) is 1.43. The first-order valence-electron chi connectivity index (χ1n) is 5.76. The van der Waals surface area contributed by atoms with E-state index >= 15 is 0 Å². The highest BCUT2D eigenvalue weighted by molar-refractivity contribution is 5.83. The third-order valence-corrected chi connectivity index (χ3v) is 2.86. The molecule has 0 radical (unpaired) electrons. The second-order valence-corrected chi connectivity index (χ2v) is 4.43. The van der Waals surface area contributed by atoms with Crippen molar-refractivity contribution < 1.29 is 19.4 Å². The largest absolute Gasteiger partial charge is 0.467 e. The van der Waals surface area contributed by atoms with Crippen molar-refractivity contribution in [1.82, 2.24) is 10.6 Å². The van der Waals surface area contributed by atoms with Crippen LogP contribution in [0.15, 0.2) is 0 Å². The molecule has 1 fully saturated rings. The Bertz CT molecular complexity index is 277. The van der Waals surface area contributed by atoms with E-state index in [0.717, 1.165) is 19.4 Å². The standard InChI is InChI=1S/C11H20N2O4/c1-7(14)13-10(11(16)17-2)6-12-5-8-3-9(15)4-8/h8-10,12,15H,3-6H2,1-2H3,(H,13,14). The maximum Gasteiger partial charge on any atom is 0.329 e. The molecule has 1 aliphatic rings. The number of aliphatic hydroxyl groups is 1. The first kappa shape index (κ1) is 13.9. The number of methoxy groups -OCH3 is 1. The zero-order valence-electron chi connectivity index (χ0n) is 10.2. The summed E-state index contributed by atoms with van der Waals surface area (Å²) in [5.41, 5.74) is 0. The molecule has 1 saturated carbocycles. The number of aliphatic hydroxyl groups excluding tert-OH is 1. The van der Waals surface area contributed by atoms with Crippen LogP contribution in [0.25, 0.3) is 0 Å². The molecule has 0 heterocycles. The van der Waals surface area contributed by atoms with Gasteiger partial charge in [0.15, 0.2) is 0 Å². The van der Waals surface area contributed by atoms with E-state index in [9.17, 15) is 9.59 Å². The van der Waals surface area contributed by atoms with Gasteiger partial charge in [0.2, 0.25) is 5.91 Å². The molecule has 17 heavy (non-hydrogen) atoms. The van der Waals surface area contributed by atoms with Crippen molar-refractivity contribution in [3.8, 4) is 0 Å². The summed E-state index contributed by atoms with van der Waals surface area (Å²) in [5, 5.41) is 14.7. The van der Waals surface area contributed by atoms with E-state index in [0.29, 0.717) is 12.5 Å². The molecule has 0 aromatic rings. The van der Waals surface area contributed by atoms with Crippen LogP contribution in [0.2, 0.25) is 0 Å². The number of amides is 1. The number of carbonyl (C=O) groups is 2. The number of hydrogen-bond donors (Lipinski definition) is 3. The fraction of sp³-hybridized carbons (Fsp3) is 0.818. The van der Waals surface area contributed by atoms with Crippen molar-refractivity contribution in [2.75, 3.05) is 20.2 Å². The van der Waals surface area contributed by atoms with Gasteiger partial charge in [0.1, 0.15) is 6.04 Å². The highest BCUT2D eigenvalue weighted by atomic mass is 16.5. The van der Waals surface area contributed by atoms with Crippen LogP contribution in [-0.4, -0.2) is 49.3 Å². The molecule has 3 N–H and O–H groups in total. The van der Waals surface area contributed by atoms with Crippen LogP contribution in [-0.2, 0) is 14.3 Å². The minimum Gasteiger partial charge on any atom is -0.467 e. The topological polar surface area (TPSA) is 87.7 Å². The normalized spacial score (nSPS) is 24.6. The van der Waals surface area contributed by atoms with Crippen molar-refractivity contribution in [2.45, 2.75) is 31.9 Å². The van der Waals surface area contributed by atoms with Crippen LogP contribution in [0.4, 0.5) is 0 Å². The third-order valence-electron chi connectivity index (χ3n) is 2.86. The number of esters is 1. The summed E-state index contributed by atoms with van der Waals surface area (Å²) < 4.78 is 4.59. The first-order valence-corrected chi connectivity index (χ1v) is 5.76. The molecule has 0 aromatic carbocycles. The van der Waals surface area contributed by atoms with Crippen molar-refractivity contribution in [3.05, 3.63) is 0 Å². The predicted molar refractivity (Wildman–Crippen MR) is 61.2 cm³/mol. The van der Waals surface area contributed by atoms with Crippen LogP contribution in [0, 0.1) is 5.92 Å². The number of ether oxygens (including phenoxy) is 1. The van der Waals surface area contributed by atoms with Crippen LogP contribution >= 0.6 is 0 Å². The molecule has 0 aromatic heterocycles. The Balaban J connectivity index is 2.23. The Morgan fingerprint density at radius 3 is 2.59 bits per heavy atom. The maximum absolute atomic E-state index is 11.3. The first-order chi connectivity index (χ1) is 8.02. The molecule has 0 bridgehead atoms. The third kappa shape index (κ3) is 4.70. The molecule has 6 heteroatoms. The molecule has 1 amide bonds. The second-order valence-electron chi connectivity index (χ2n) is 4.43. The summed E-state index contributed by atoms with van der Waals surface area (Å²) in [6, 6.07) is -0.650. The van der Waals surface area contributed by atoms with Crippen molar-refractivity contribution in [2.24, 2.45) is 5.92 Å². The van der Waals surface area contributed by atoms with Gasteiger partial charge in [0.05, 0.1) is 13.2 Å². The Kier molecular flexibility index (Phi) is 5.37. The predicted octanol–water partition coefficient (Wildman–Crippen LogP) is -0.975. The van der Waals surface area contributed by atoms with Gasteiger partial charge in [-0.2, -0.15) is 0 Å². The summed E-state index contributed by atoms with van der Waals surface area (Å²) in [4.78, 5) is 22.2. The number of nitrogens with one attached hydrogen (secondary N) is 2. The summed E-state index contributed by atoms with van der Waals surface area (Å²) in [5.74, 6) is -0.261. The number of hydrogen-bond acceptors (Lipinski definition) is 5. The zero-order valence-corrected chi connectivity index (χ0v) is 10.2. The molecule has 1 atom stereocenters. The van der Waals surface area contributed by atoms with Gasteiger partial charge in [-0.25, -0.2) is 4.79 Å². The number of carbonyl (C=O) groups excluding carboxylic acids is 2. The Hall–Kier alpha value is -1.14. The Morgan fingerprint density at radius 2 is 2.12 bits per heavy atom. The van der Waals surface area contributed by atoms with E-state index in [2.05, 4.69) is 15.4 Å². The molecule has 0 spiro atoms. The lowest BCUT2D eigenvalue weighted by Crippen LogP contribution is -2.48. The van der Waals surface area contributed by atoms with E-state index in [1.165, 1.54) is 14.0 Å². The van der Waals surface area contributed by atoms with Gasteiger partial charge < -0.3 is 20.5 Å². The van der Waals surface area contributed by atoms with Gasteiger partial charge in [0.25, 0.3) is 0 Å². The molecular formula is C11H20N2O4. The van der Waals surface area contributed by atoms with Crippen LogP contribution < -0.4 is 10.6 Å². The van der Waals surface area contributed by atoms with Gasteiger partial charge in [-0.3, -0.25) is 4.79 Å². The minimum atomic E-state index is -0.650. The average Bonchev–Trinajstić information content (AvgIpc) is 2.23. The lowest BCUT2D eigenvalue weighted by Gasteiger charge is -2.31. The van der Waals surface area contributed by atoms with Gasteiger partial charge in [-0.15, -0.1) is 0 Å². The van der Waals surface area contributed by atoms with Crippen molar-refractivity contribution in [1.29, 1.82) is 0 Å². The lowest BCUT2D eigenvalue weighted by molar-refractivity contribution is -0.144. The minimum absolute atomic E-state index is 0.173. The van der Waals surface area contributed by atoms with E-state index in [1.54, 1.807) is 0 Å². The summed E-state index contributed by atoms with van der Waals surface area (Å²) in [6.45, 7) is 2.45. The maximum atomic E-state index is 11.3. The van der Waals surface area contributed by atoms with Gasteiger partial charge in [-0.1, -0.05) is 0 Å². The fourth-order valence-corrected chi connectivity index (χ4v) is 1.88. The highest BCUT2D eigenvalue weighted by Gasteiger charge is 2.27. The molecule has 98 valence electrons. The molecule has 1 aliphatic carbocycles. The Morgan fingerprint density at radius 1 is 1.47 bits per heavy atom. The van der Waals surface area contributed by atoms with Gasteiger partial charge >= 0.3 is 5.97 Å². The smallest absolute Gasteiger partial charge is 0.329 e. The van der Waals surface area contributed by atoms with E-state index in [1.807, 2.05) is 0 Å². The monoisotopic (exact) mass is 244 g/mol. The van der Waals surface area contributed by atoms with Crippen LogP contribution in [0.5, 0.6) is 0 Å².